The Morgan fingerprint density at radius 3 is 2.86 bits per heavy atom. The highest BCUT2D eigenvalue weighted by atomic mass is 32.1. The molecule has 0 amide bonds. The molecule has 1 heterocycles. The number of hydrogen-bond acceptors (Lipinski definition) is 4. The van der Waals surface area contributed by atoms with E-state index in [-0.39, 0.29) is 11.5 Å². The van der Waals surface area contributed by atoms with Gasteiger partial charge in [-0.05, 0) is 19.9 Å². The molecule has 0 saturated carbocycles. The number of thiazole rings is 1. The van der Waals surface area contributed by atoms with Gasteiger partial charge in [-0.15, -0.1) is 11.3 Å². The van der Waals surface area contributed by atoms with Gasteiger partial charge in [0, 0.05) is 6.07 Å². The van der Waals surface area contributed by atoms with E-state index >= 15 is 0 Å². The summed E-state index contributed by atoms with van der Waals surface area (Å²) in [6.45, 7) is 3.33. The first-order valence-corrected chi connectivity index (χ1v) is 5.00. The van der Waals surface area contributed by atoms with E-state index in [1.807, 2.05) is 6.92 Å². The first-order chi connectivity index (χ1) is 6.58. The molecular weight excluding hydrogens is 198 g/mol. The number of phenols is 1. The second kappa shape index (κ2) is 3.06. The molecule has 1 aromatic carbocycles. The number of aryl methyl sites for hydroxylation is 1. The van der Waals surface area contributed by atoms with E-state index in [0.29, 0.717) is 5.56 Å². The molecule has 1 N–H and O–H groups in total. The molecule has 0 atom stereocenters. The number of carbonyl (C=O) groups excluding carboxylic acids is 1. The van der Waals surface area contributed by atoms with Gasteiger partial charge in [0.25, 0.3) is 0 Å². The number of Topliss-reactive ketones (excluding diaryl/α,β-unsaturated/α-hetero) is 1. The van der Waals surface area contributed by atoms with Crippen molar-refractivity contribution in [2.45, 2.75) is 13.8 Å². The second-order valence-corrected chi connectivity index (χ2v) is 4.36. The molecule has 0 saturated heterocycles. The van der Waals surface area contributed by atoms with Crippen LogP contribution in [0.4, 0.5) is 0 Å². The number of aromatic nitrogens is 1. The Morgan fingerprint density at radius 2 is 2.21 bits per heavy atom. The summed E-state index contributed by atoms with van der Waals surface area (Å²) >= 11 is 1.50. The number of phenolic OH excluding ortho intramolecular Hbond substituents is 1. The lowest BCUT2D eigenvalue weighted by Gasteiger charge is -1.98. The van der Waals surface area contributed by atoms with Crippen molar-refractivity contribution in [1.82, 2.24) is 4.98 Å². The molecule has 4 heteroatoms. The maximum Gasteiger partial charge on any atom is 0.163 e. The Hall–Kier alpha value is -1.42. The summed E-state index contributed by atoms with van der Waals surface area (Å²) in [6, 6.07) is 3.23. The van der Waals surface area contributed by atoms with Gasteiger partial charge in [-0.25, -0.2) is 4.98 Å². The van der Waals surface area contributed by atoms with Gasteiger partial charge in [-0.2, -0.15) is 0 Å². The number of hydrogen-bond donors (Lipinski definition) is 1. The van der Waals surface area contributed by atoms with Crippen LogP contribution in [0.25, 0.3) is 10.2 Å². The maximum absolute atomic E-state index is 11.1. The number of fused-ring (bicyclic) bond motifs is 1. The highest BCUT2D eigenvalue weighted by Gasteiger charge is 2.10. The molecule has 2 aromatic rings. The van der Waals surface area contributed by atoms with Gasteiger partial charge in [0.15, 0.2) is 5.78 Å². The van der Waals surface area contributed by atoms with E-state index in [1.165, 1.54) is 18.3 Å². The van der Waals surface area contributed by atoms with Crippen molar-refractivity contribution in [3.8, 4) is 5.75 Å². The predicted octanol–water partition coefficient (Wildman–Crippen LogP) is 2.51. The molecule has 14 heavy (non-hydrogen) atoms. The van der Waals surface area contributed by atoms with Crippen LogP contribution in [-0.4, -0.2) is 15.9 Å². The minimum Gasteiger partial charge on any atom is -0.507 e. The van der Waals surface area contributed by atoms with E-state index in [0.717, 1.165) is 15.2 Å². The average molecular weight is 207 g/mol. The summed E-state index contributed by atoms with van der Waals surface area (Å²) in [5.74, 6) is -0.108. The van der Waals surface area contributed by atoms with Crippen molar-refractivity contribution < 1.29 is 9.90 Å². The van der Waals surface area contributed by atoms with Crippen molar-refractivity contribution in [3.05, 3.63) is 22.7 Å². The van der Waals surface area contributed by atoms with Gasteiger partial charge in [-0.1, -0.05) is 0 Å². The summed E-state index contributed by atoms with van der Waals surface area (Å²) in [7, 11) is 0. The zero-order valence-electron chi connectivity index (χ0n) is 7.87. The van der Waals surface area contributed by atoms with Crippen LogP contribution in [0.2, 0.25) is 0 Å². The maximum atomic E-state index is 11.1. The fraction of sp³-hybridized carbons (Fsp3) is 0.200. The van der Waals surface area contributed by atoms with Crippen molar-refractivity contribution >= 4 is 27.3 Å². The van der Waals surface area contributed by atoms with Crippen molar-refractivity contribution in [2.24, 2.45) is 0 Å². The van der Waals surface area contributed by atoms with Crippen LogP contribution in [0.5, 0.6) is 5.75 Å². The summed E-state index contributed by atoms with van der Waals surface area (Å²) in [5, 5.41) is 10.5. The summed E-state index contributed by atoms with van der Waals surface area (Å²) in [5.41, 5.74) is 1.11. The van der Waals surface area contributed by atoms with Crippen molar-refractivity contribution in [3.63, 3.8) is 0 Å². The molecule has 0 aliphatic heterocycles. The average Bonchev–Trinajstić information content (AvgIpc) is 2.42. The smallest absolute Gasteiger partial charge is 0.163 e. The van der Waals surface area contributed by atoms with Crippen molar-refractivity contribution in [2.75, 3.05) is 0 Å². The van der Waals surface area contributed by atoms with Gasteiger partial charge in [-0.3, -0.25) is 4.79 Å². The minimum atomic E-state index is -0.143. The van der Waals surface area contributed by atoms with Crippen LogP contribution < -0.4 is 0 Å². The molecule has 3 nitrogen and oxygen atoms in total. The van der Waals surface area contributed by atoms with Gasteiger partial charge in [0.2, 0.25) is 0 Å². The summed E-state index contributed by atoms with van der Waals surface area (Å²) < 4.78 is 0.907. The quantitative estimate of drug-likeness (QED) is 0.731. The van der Waals surface area contributed by atoms with Crippen LogP contribution in [-0.2, 0) is 0 Å². The van der Waals surface area contributed by atoms with Crippen LogP contribution in [0.1, 0.15) is 22.3 Å². The molecule has 0 fully saturated rings. The van der Waals surface area contributed by atoms with Gasteiger partial charge >= 0.3 is 0 Å². The van der Waals surface area contributed by atoms with Crippen LogP contribution in [0, 0.1) is 6.92 Å². The molecule has 2 rings (SSSR count). The van der Waals surface area contributed by atoms with E-state index in [4.69, 9.17) is 0 Å². The predicted molar refractivity (Wildman–Crippen MR) is 56.0 cm³/mol. The summed E-state index contributed by atoms with van der Waals surface area (Å²) in [4.78, 5) is 15.4. The Kier molecular flexibility index (Phi) is 2.00. The number of rotatable bonds is 1. The third-order valence-electron chi connectivity index (χ3n) is 1.99. The molecular formula is C10H9NO2S. The number of carbonyl (C=O) groups is 1. The molecule has 0 aliphatic rings. The molecule has 0 unspecified atom stereocenters. The Labute approximate surface area is 85.0 Å². The fourth-order valence-electron chi connectivity index (χ4n) is 1.36. The molecule has 72 valence electrons. The first-order valence-electron chi connectivity index (χ1n) is 4.19. The minimum absolute atomic E-state index is 0.0358. The highest BCUT2D eigenvalue weighted by Crippen LogP contribution is 2.28. The molecule has 1 aromatic heterocycles. The van der Waals surface area contributed by atoms with Gasteiger partial charge in [0.1, 0.15) is 5.75 Å². The standard InChI is InChI=1S/C10H9NO2S/c1-5(12)7-3-8-10(4-9(7)13)14-6(2)11-8/h3-4,13H,1-2H3. The van der Waals surface area contributed by atoms with Crippen LogP contribution in [0.3, 0.4) is 0 Å². The van der Waals surface area contributed by atoms with E-state index < -0.39 is 0 Å². The number of ketones is 1. The van der Waals surface area contributed by atoms with Crippen molar-refractivity contribution in [1.29, 1.82) is 0 Å². The molecule has 0 radical (unpaired) electrons. The largest absolute Gasteiger partial charge is 0.507 e. The third kappa shape index (κ3) is 1.37. The van der Waals surface area contributed by atoms with Crippen LogP contribution in [0.15, 0.2) is 12.1 Å². The van der Waals surface area contributed by atoms with E-state index in [1.54, 1.807) is 12.1 Å². The Bertz CT molecular complexity index is 516. The zero-order valence-corrected chi connectivity index (χ0v) is 8.68. The lowest BCUT2D eigenvalue weighted by atomic mass is 10.1. The summed E-state index contributed by atoms with van der Waals surface area (Å²) in [6.07, 6.45) is 0. The lowest BCUT2D eigenvalue weighted by Crippen LogP contribution is -1.92. The third-order valence-corrected chi connectivity index (χ3v) is 2.93. The molecule has 0 bridgehead atoms. The SMILES string of the molecule is CC(=O)c1cc2nc(C)sc2cc1O. The topological polar surface area (TPSA) is 50.2 Å². The Balaban J connectivity index is 2.76. The number of nitrogens with zero attached hydrogens (tertiary/aromatic N) is 1. The molecule has 0 aliphatic carbocycles. The zero-order chi connectivity index (χ0) is 10.3. The Morgan fingerprint density at radius 1 is 1.50 bits per heavy atom. The second-order valence-electron chi connectivity index (χ2n) is 3.13. The number of aromatic hydroxyl groups is 1. The van der Waals surface area contributed by atoms with Gasteiger partial charge < -0.3 is 5.11 Å². The highest BCUT2D eigenvalue weighted by molar-refractivity contribution is 7.18. The normalized spacial score (nSPS) is 10.7. The van der Waals surface area contributed by atoms with E-state index in [9.17, 15) is 9.90 Å². The lowest BCUT2D eigenvalue weighted by molar-refractivity contribution is 0.101. The van der Waals surface area contributed by atoms with Gasteiger partial charge in [0.05, 0.1) is 20.8 Å². The van der Waals surface area contributed by atoms with E-state index in [2.05, 4.69) is 4.98 Å². The fourth-order valence-corrected chi connectivity index (χ4v) is 2.20. The monoisotopic (exact) mass is 207 g/mol. The van der Waals surface area contributed by atoms with Crippen LogP contribution >= 0.6 is 11.3 Å². The first kappa shape index (κ1) is 9.15. The number of benzene rings is 1. The molecule has 0 spiro atoms.